The van der Waals surface area contributed by atoms with Crippen LogP contribution < -0.4 is 0 Å². The van der Waals surface area contributed by atoms with Gasteiger partial charge in [-0.2, -0.15) is 0 Å². The van der Waals surface area contributed by atoms with Crippen molar-refractivity contribution in [2.24, 2.45) is 0 Å². The minimum absolute atomic E-state index is 0.162. The zero-order valence-corrected chi connectivity index (χ0v) is 12.9. The molecule has 0 rings (SSSR count). The lowest BCUT2D eigenvalue weighted by atomic mass is 10.1. The van der Waals surface area contributed by atoms with Crippen LogP contribution in [-0.2, 0) is 28.7 Å². The van der Waals surface area contributed by atoms with E-state index in [-0.39, 0.29) is 30.0 Å². The predicted octanol–water partition coefficient (Wildman–Crippen LogP) is 1.44. The number of aliphatic carboxylic acids is 1. The number of hydrogen-bond acceptors (Lipinski definition) is 6. The molecule has 7 heteroatoms. The Morgan fingerprint density at radius 3 is 2.09 bits per heavy atom. The lowest BCUT2D eigenvalue weighted by molar-refractivity contribution is -0.142. The fourth-order valence-electron chi connectivity index (χ4n) is 0.823. The van der Waals surface area contributed by atoms with Gasteiger partial charge >= 0.3 is 17.9 Å². The number of esters is 2. The van der Waals surface area contributed by atoms with E-state index in [9.17, 15) is 19.2 Å². The number of carbonyl (C=O) groups excluding carboxylic acids is 3. The number of Topliss-reactive ketones (excluding diaryl/α,β-unsaturated/α-hetero) is 1. The molecule has 0 atom stereocenters. The molecule has 22 heavy (non-hydrogen) atoms. The quantitative estimate of drug-likeness (QED) is 0.560. The first-order valence-corrected chi connectivity index (χ1v) is 6.10. The van der Waals surface area contributed by atoms with E-state index in [1.54, 1.807) is 0 Å². The number of carboxylic acid groups (broad SMARTS) is 1. The molecule has 0 amide bonds. The zero-order valence-electron chi connectivity index (χ0n) is 12.9. The molecule has 0 radical (unpaired) electrons. The second-order valence-corrected chi connectivity index (χ2v) is 4.01. The van der Waals surface area contributed by atoms with Crippen LogP contribution in [0, 0.1) is 0 Å². The number of hydrogen-bond donors (Lipinski definition) is 1. The second-order valence-electron chi connectivity index (χ2n) is 4.01. The maximum atomic E-state index is 10.8. The average molecular weight is 312 g/mol. The monoisotopic (exact) mass is 312 g/mol. The van der Waals surface area contributed by atoms with Crippen molar-refractivity contribution >= 4 is 23.7 Å². The maximum Gasteiger partial charge on any atom is 0.333 e. The van der Waals surface area contributed by atoms with Crippen LogP contribution in [0.15, 0.2) is 36.5 Å². The van der Waals surface area contributed by atoms with Crippen LogP contribution >= 0.6 is 0 Å². The smallest absolute Gasteiger partial charge is 0.333 e. The van der Waals surface area contributed by atoms with Crippen LogP contribution in [0.3, 0.4) is 0 Å². The van der Waals surface area contributed by atoms with Gasteiger partial charge < -0.3 is 14.6 Å². The van der Waals surface area contributed by atoms with Crippen molar-refractivity contribution in [1.29, 1.82) is 0 Å². The first kappa shape index (κ1) is 21.6. The highest BCUT2D eigenvalue weighted by molar-refractivity contribution is 5.89. The summed E-state index contributed by atoms with van der Waals surface area (Å²) in [7, 11) is 1.25. The molecule has 7 nitrogen and oxygen atoms in total. The topological polar surface area (TPSA) is 107 Å². The fraction of sp³-hybridized carbons (Fsp3) is 0.333. The van der Waals surface area contributed by atoms with E-state index in [0.717, 1.165) is 6.08 Å². The summed E-state index contributed by atoms with van der Waals surface area (Å²) < 4.78 is 8.74. The predicted molar refractivity (Wildman–Crippen MR) is 79.0 cm³/mol. The summed E-state index contributed by atoms with van der Waals surface area (Å²) in [5.74, 6) is -2.26. The fourth-order valence-corrected chi connectivity index (χ4v) is 0.823. The van der Waals surface area contributed by atoms with Crippen molar-refractivity contribution in [2.75, 3.05) is 13.7 Å². The van der Waals surface area contributed by atoms with Gasteiger partial charge in [-0.1, -0.05) is 19.2 Å². The van der Waals surface area contributed by atoms with Crippen molar-refractivity contribution < 1.29 is 33.8 Å². The summed E-state index contributed by atoms with van der Waals surface area (Å²) in [6.07, 6.45) is 2.63. The third-order valence-corrected chi connectivity index (χ3v) is 2.05. The first-order valence-electron chi connectivity index (χ1n) is 6.10. The molecule has 0 bridgehead atoms. The third-order valence-electron chi connectivity index (χ3n) is 2.05. The molecule has 122 valence electrons. The van der Waals surface area contributed by atoms with Gasteiger partial charge in [0.05, 0.1) is 7.11 Å². The van der Waals surface area contributed by atoms with E-state index in [1.165, 1.54) is 27.0 Å². The minimum atomic E-state index is -1.00. The molecule has 0 aliphatic rings. The first-order chi connectivity index (χ1) is 10.1. The molecule has 0 aliphatic heterocycles. The average Bonchev–Trinajstić information content (AvgIpc) is 2.49. The van der Waals surface area contributed by atoms with E-state index >= 15 is 0 Å². The molecule has 0 aromatic rings. The number of carboxylic acids is 1. The molecule has 0 spiro atoms. The van der Waals surface area contributed by atoms with E-state index in [2.05, 4.69) is 22.6 Å². The van der Waals surface area contributed by atoms with Gasteiger partial charge in [-0.25, -0.2) is 14.4 Å². The summed E-state index contributed by atoms with van der Waals surface area (Å²) in [6, 6.07) is 0. The van der Waals surface area contributed by atoms with Gasteiger partial charge in [0, 0.05) is 17.2 Å². The Morgan fingerprint density at radius 2 is 1.73 bits per heavy atom. The summed E-state index contributed by atoms with van der Waals surface area (Å²) in [4.78, 5) is 41.5. The van der Waals surface area contributed by atoms with Gasteiger partial charge in [-0.15, -0.1) is 0 Å². The normalized spacial score (nSPS) is 9.68. The lowest BCUT2D eigenvalue weighted by Crippen LogP contribution is -2.08. The Morgan fingerprint density at radius 1 is 1.18 bits per heavy atom. The van der Waals surface area contributed by atoms with Crippen LogP contribution in [0.5, 0.6) is 0 Å². The standard InChI is InChI=1S/C9H12O4.C6H8O3/c1-6(8(10)11)4-5-7(2)9(12)13-3;1-3-6(8)9-4-5(2)7/h4H,2,5H2,1,3H3,(H,10,11);3H,1,4H2,2H3. The SMILES string of the molecule is C=C(CC=C(C)C(=O)O)C(=O)OC.C=CC(=O)OCC(C)=O. The molecule has 0 fully saturated rings. The van der Waals surface area contributed by atoms with Crippen molar-refractivity contribution in [3.63, 3.8) is 0 Å². The molecule has 0 aromatic carbocycles. The van der Waals surface area contributed by atoms with Crippen molar-refractivity contribution in [2.45, 2.75) is 20.3 Å². The van der Waals surface area contributed by atoms with Crippen molar-refractivity contribution in [3.05, 3.63) is 36.5 Å². The van der Waals surface area contributed by atoms with E-state index in [1.807, 2.05) is 0 Å². The Bertz CT molecular complexity index is 486. The molecule has 0 aromatic heterocycles. The highest BCUT2D eigenvalue weighted by atomic mass is 16.5. The molecular weight excluding hydrogens is 292 g/mol. The number of methoxy groups -OCH3 is 1. The van der Waals surface area contributed by atoms with Crippen LogP contribution in [-0.4, -0.2) is 42.5 Å². The van der Waals surface area contributed by atoms with Gasteiger partial charge in [0.2, 0.25) is 0 Å². The molecule has 0 heterocycles. The molecule has 1 N–H and O–H groups in total. The summed E-state index contributed by atoms with van der Waals surface area (Å²) in [6.45, 7) is 9.23. The van der Waals surface area contributed by atoms with E-state index in [4.69, 9.17) is 5.11 Å². The Labute approximate surface area is 128 Å². The van der Waals surface area contributed by atoms with Crippen molar-refractivity contribution in [3.8, 4) is 0 Å². The molecule has 0 saturated heterocycles. The zero-order chi connectivity index (χ0) is 17.7. The van der Waals surface area contributed by atoms with Crippen molar-refractivity contribution in [1.82, 2.24) is 0 Å². The van der Waals surface area contributed by atoms with Crippen LogP contribution in [0.1, 0.15) is 20.3 Å². The van der Waals surface area contributed by atoms with Gasteiger partial charge in [0.15, 0.2) is 5.78 Å². The Balaban J connectivity index is 0. The maximum absolute atomic E-state index is 10.8. The van der Waals surface area contributed by atoms with Gasteiger partial charge in [-0.05, 0) is 20.3 Å². The summed E-state index contributed by atoms with van der Waals surface area (Å²) >= 11 is 0. The number of carbonyl (C=O) groups is 4. The van der Waals surface area contributed by atoms with Crippen LogP contribution in [0.4, 0.5) is 0 Å². The van der Waals surface area contributed by atoms with Gasteiger partial charge in [-0.3, -0.25) is 4.79 Å². The number of ether oxygens (including phenoxy) is 2. The van der Waals surface area contributed by atoms with Gasteiger partial charge in [0.1, 0.15) is 6.61 Å². The number of rotatable bonds is 7. The summed E-state index contributed by atoms with van der Waals surface area (Å²) in [5, 5.41) is 8.48. The largest absolute Gasteiger partial charge is 0.478 e. The Kier molecular flexibility index (Phi) is 11.9. The lowest BCUT2D eigenvalue weighted by Gasteiger charge is -1.99. The molecular formula is C15H20O7. The highest BCUT2D eigenvalue weighted by Crippen LogP contribution is 2.04. The number of allylic oxidation sites excluding steroid dienone is 1. The number of ketones is 1. The van der Waals surface area contributed by atoms with Crippen LogP contribution in [0.25, 0.3) is 0 Å². The second kappa shape index (κ2) is 12.1. The summed E-state index contributed by atoms with van der Waals surface area (Å²) in [5.41, 5.74) is 0.424. The molecule has 0 unspecified atom stereocenters. The minimum Gasteiger partial charge on any atom is -0.478 e. The van der Waals surface area contributed by atoms with E-state index in [0.29, 0.717) is 0 Å². The Hall–Kier alpha value is -2.70. The molecule has 0 aliphatic carbocycles. The highest BCUT2D eigenvalue weighted by Gasteiger charge is 2.05. The third kappa shape index (κ3) is 12.3. The van der Waals surface area contributed by atoms with Gasteiger partial charge in [0.25, 0.3) is 0 Å². The van der Waals surface area contributed by atoms with E-state index < -0.39 is 17.9 Å². The van der Waals surface area contributed by atoms with Crippen LogP contribution in [0.2, 0.25) is 0 Å². The molecule has 0 saturated carbocycles.